The van der Waals surface area contributed by atoms with E-state index in [0.29, 0.717) is 5.82 Å². The van der Waals surface area contributed by atoms with Gasteiger partial charge in [0.05, 0.1) is 16.9 Å². The number of nitrogens with zero attached hydrogens (tertiary/aromatic N) is 2. The van der Waals surface area contributed by atoms with Crippen LogP contribution in [0.4, 0.5) is 10.2 Å². The number of aryl methyl sites for hydroxylation is 1. The quantitative estimate of drug-likeness (QED) is 0.533. The Hall–Kier alpha value is -3.73. The molecule has 0 saturated heterocycles. The van der Waals surface area contributed by atoms with E-state index in [1.54, 1.807) is 22.9 Å². The molecule has 3 aromatic carbocycles. The summed E-state index contributed by atoms with van der Waals surface area (Å²) in [5.74, 6) is -0.619. The van der Waals surface area contributed by atoms with Gasteiger partial charge in [-0.1, -0.05) is 54.1 Å². The maximum absolute atomic E-state index is 14.0. The molecule has 5 heteroatoms. The van der Waals surface area contributed by atoms with Crippen molar-refractivity contribution >= 4 is 11.7 Å². The number of carbonyl (C=O) groups is 1. The Kier molecular flexibility index (Phi) is 4.72. The molecular formula is C23H18FN3O. The zero-order chi connectivity index (χ0) is 19.5. The minimum absolute atomic E-state index is 0.0135. The summed E-state index contributed by atoms with van der Waals surface area (Å²) in [6.45, 7) is 2.01. The highest BCUT2D eigenvalue weighted by atomic mass is 19.1. The lowest BCUT2D eigenvalue weighted by Crippen LogP contribution is -2.16. The number of nitrogens with one attached hydrogen (secondary N) is 1. The predicted octanol–water partition coefficient (Wildman–Crippen LogP) is 5.24. The number of hydrogen-bond donors (Lipinski definition) is 1. The van der Waals surface area contributed by atoms with Crippen LogP contribution in [-0.4, -0.2) is 15.7 Å². The van der Waals surface area contributed by atoms with Crippen LogP contribution in [0.25, 0.3) is 16.9 Å². The highest BCUT2D eigenvalue weighted by molar-refractivity contribution is 6.04. The summed E-state index contributed by atoms with van der Waals surface area (Å²) >= 11 is 0. The maximum atomic E-state index is 14.0. The van der Waals surface area contributed by atoms with Gasteiger partial charge in [0.1, 0.15) is 11.6 Å². The lowest BCUT2D eigenvalue weighted by molar-refractivity contribution is 0.102. The molecule has 0 aliphatic carbocycles. The van der Waals surface area contributed by atoms with E-state index in [9.17, 15) is 9.18 Å². The fraction of sp³-hybridized carbons (Fsp3) is 0.0435. The van der Waals surface area contributed by atoms with Crippen LogP contribution in [-0.2, 0) is 0 Å². The number of benzene rings is 3. The summed E-state index contributed by atoms with van der Waals surface area (Å²) in [6, 6.07) is 25.1. The molecule has 0 atom stereocenters. The van der Waals surface area contributed by atoms with Crippen molar-refractivity contribution in [2.24, 2.45) is 0 Å². The van der Waals surface area contributed by atoms with Crippen LogP contribution in [0.3, 0.4) is 0 Å². The summed E-state index contributed by atoms with van der Waals surface area (Å²) in [6.07, 6.45) is 0. The minimum atomic E-state index is -0.565. The van der Waals surface area contributed by atoms with Gasteiger partial charge >= 0.3 is 0 Å². The summed E-state index contributed by atoms with van der Waals surface area (Å²) in [5.41, 5.74) is 3.56. The first-order valence-corrected chi connectivity index (χ1v) is 8.90. The van der Waals surface area contributed by atoms with E-state index in [1.807, 2.05) is 61.5 Å². The van der Waals surface area contributed by atoms with Gasteiger partial charge < -0.3 is 5.32 Å². The average molecular weight is 371 g/mol. The van der Waals surface area contributed by atoms with Crippen molar-refractivity contribution < 1.29 is 9.18 Å². The second-order valence-corrected chi connectivity index (χ2v) is 6.47. The van der Waals surface area contributed by atoms with Gasteiger partial charge in [-0.3, -0.25) is 4.79 Å². The minimum Gasteiger partial charge on any atom is -0.306 e. The van der Waals surface area contributed by atoms with Crippen LogP contribution in [0, 0.1) is 12.7 Å². The highest BCUT2D eigenvalue weighted by Crippen LogP contribution is 2.26. The second kappa shape index (κ2) is 7.48. The summed E-state index contributed by atoms with van der Waals surface area (Å²) in [4.78, 5) is 12.6. The molecule has 138 valence electrons. The third-order valence-electron chi connectivity index (χ3n) is 4.38. The number of para-hydroxylation sites is 1. The van der Waals surface area contributed by atoms with Crippen molar-refractivity contribution in [3.05, 3.63) is 102 Å². The third kappa shape index (κ3) is 3.55. The Morgan fingerprint density at radius 2 is 1.68 bits per heavy atom. The van der Waals surface area contributed by atoms with Crippen LogP contribution in [0.15, 0.2) is 84.9 Å². The number of aromatic nitrogens is 2. The normalized spacial score (nSPS) is 10.6. The van der Waals surface area contributed by atoms with Crippen molar-refractivity contribution in [2.45, 2.75) is 6.92 Å². The molecule has 0 bridgehead atoms. The first kappa shape index (κ1) is 17.7. The van der Waals surface area contributed by atoms with Gasteiger partial charge in [-0.15, -0.1) is 0 Å². The lowest BCUT2D eigenvalue weighted by atomic mass is 10.1. The van der Waals surface area contributed by atoms with E-state index in [-0.39, 0.29) is 5.56 Å². The SMILES string of the molecule is Cc1cccc(-c2cc(NC(=O)c3ccccc3F)n(-c3ccccc3)n2)c1. The van der Waals surface area contributed by atoms with Crippen molar-refractivity contribution in [3.63, 3.8) is 0 Å². The largest absolute Gasteiger partial charge is 0.306 e. The first-order chi connectivity index (χ1) is 13.6. The molecule has 0 radical (unpaired) electrons. The van der Waals surface area contributed by atoms with Gasteiger partial charge in [0.2, 0.25) is 0 Å². The fourth-order valence-corrected chi connectivity index (χ4v) is 3.01. The monoisotopic (exact) mass is 371 g/mol. The van der Waals surface area contributed by atoms with E-state index >= 15 is 0 Å². The van der Waals surface area contributed by atoms with Crippen LogP contribution < -0.4 is 5.32 Å². The number of rotatable bonds is 4. The number of carbonyl (C=O) groups excluding carboxylic acids is 1. The van der Waals surface area contributed by atoms with Gasteiger partial charge in [0.15, 0.2) is 0 Å². The number of hydrogen-bond acceptors (Lipinski definition) is 2. The van der Waals surface area contributed by atoms with Crippen LogP contribution in [0.5, 0.6) is 0 Å². The molecule has 4 rings (SSSR count). The molecule has 0 aliphatic heterocycles. The van der Waals surface area contributed by atoms with Gasteiger partial charge in [0.25, 0.3) is 5.91 Å². The Bertz CT molecular complexity index is 1140. The summed E-state index contributed by atoms with van der Waals surface area (Å²) in [7, 11) is 0. The van der Waals surface area contributed by atoms with E-state index < -0.39 is 11.7 Å². The molecule has 1 heterocycles. The van der Waals surface area contributed by atoms with E-state index in [4.69, 9.17) is 0 Å². The molecule has 0 spiro atoms. The lowest BCUT2D eigenvalue weighted by Gasteiger charge is -2.09. The third-order valence-corrected chi connectivity index (χ3v) is 4.38. The van der Waals surface area contributed by atoms with Crippen molar-refractivity contribution in [1.29, 1.82) is 0 Å². The molecule has 28 heavy (non-hydrogen) atoms. The van der Waals surface area contributed by atoms with Crippen molar-refractivity contribution in [1.82, 2.24) is 9.78 Å². The Labute approximate surface area is 162 Å². The number of halogens is 1. The molecule has 1 N–H and O–H groups in total. The molecule has 4 nitrogen and oxygen atoms in total. The van der Waals surface area contributed by atoms with Crippen LogP contribution in [0.2, 0.25) is 0 Å². The summed E-state index contributed by atoms with van der Waals surface area (Å²) < 4.78 is 15.6. The van der Waals surface area contributed by atoms with Gasteiger partial charge in [-0.05, 0) is 37.3 Å². The average Bonchev–Trinajstić information content (AvgIpc) is 3.13. The zero-order valence-electron chi connectivity index (χ0n) is 15.3. The van der Waals surface area contributed by atoms with Gasteiger partial charge in [0, 0.05) is 11.6 Å². The van der Waals surface area contributed by atoms with E-state index in [1.165, 1.54) is 12.1 Å². The van der Waals surface area contributed by atoms with Crippen molar-refractivity contribution in [2.75, 3.05) is 5.32 Å². The molecule has 0 unspecified atom stereocenters. The molecule has 0 fully saturated rings. The van der Waals surface area contributed by atoms with Gasteiger partial charge in [-0.2, -0.15) is 5.10 Å². The molecule has 4 aromatic rings. The molecule has 0 aliphatic rings. The molecular weight excluding hydrogens is 353 g/mol. The first-order valence-electron chi connectivity index (χ1n) is 8.90. The molecule has 1 amide bonds. The Balaban J connectivity index is 1.77. The maximum Gasteiger partial charge on any atom is 0.259 e. The Morgan fingerprint density at radius 1 is 0.929 bits per heavy atom. The Morgan fingerprint density at radius 3 is 2.43 bits per heavy atom. The number of anilines is 1. The fourth-order valence-electron chi connectivity index (χ4n) is 3.01. The van der Waals surface area contributed by atoms with Crippen molar-refractivity contribution in [3.8, 4) is 16.9 Å². The second-order valence-electron chi connectivity index (χ2n) is 6.47. The number of amides is 1. The smallest absolute Gasteiger partial charge is 0.259 e. The standard InChI is InChI=1S/C23H18FN3O/c1-16-8-7-9-17(14-16)21-15-22(27(26-21)18-10-3-2-4-11-18)25-23(28)19-12-5-6-13-20(19)24/h2-15H,1H3,(H,25,28). The van der Waals surface area contributed by atoms with E-state index in [0.717, 1.165) is 22.5 Å². The van der Waals surface area contributed by atoms with Crippen LogP contribution >= 0.6 is 0 Å². The molecule has 0 saturated carbocycles. The van der Waals surface area contributed by atoms with Gasteiger partial charge in [-0.25, -0.2) is 9.07 Å². The topological polar surface area (TPSA) is 46.9 Å². The summed E-state index contributed by atoms with van der Waals surface area (Å²) in [5, 5.41) is 7.46. The van der Waals surface area contributed by atoms with E-state index in [2.05, 4.69) is 10.4 Å². The highest BCUT2D eigenvalue weighted by Gasteiger charge is 2.16. The van der Waals surface area contributed by atoms with Crippen LogP contribution in [0.1, 0.15) is 15.9 Å². The predicted molar refractivity (Wildman–Crippen MR) is 108 cm³/mol. The zero-order valence-corrected chi connectivity index (χ0v) is 15.3. The molecule has 1 aromatic heterocycles.